The molecule has 0 aliphatic carbocycles. The monoisotopic (exact) mass is 514 g/mol. The predicted octanol–water partition coefficient (Wildman–Crippen LogP) is 7.62. The maximum absolute atomic E-state index is 13.8. The molecule has 0 fully saturated rings. The molecule has 196 valence electrons. The van der Waals surface area contributed by atoms with Gasteiger partial charge in [0.25, 0.3) is 5.92 Å². The molecule has 0 saturated carbocycles. The van der Waals surface area contributed by atoms with Crippen molar-refractivity contribution in [1.29, 1.82) is 0 Å². The van der Waals surface area contributed by atoms with Gasteiger partial charge in [-0.05, 0) is 49.6 Å². The topological polar surface area (TPSA) is 66.9 Å². The minimum Gasteiger partial charge on any atom is -0.362 e. The maximum atomic E-state index is 13.8. The molecule has 0 aliphatic heterocycles. The van der Waals surface area contributed by atoms with Gasteiger partial charge in [0.15, 0.2) is 5.82 Å². The summed E-state index contributed by atoms with van der Waals surface area (Å²) in [4.78, 5) is 21.6. The third-order valence-electron chi connectivity index (χ3n) is 6.57. The van der Waals surface area contributed by atoms with E-state index in [1.54, 1.807) is 24.5 Å². The number of alkyl halides is 2. The van der Waals surface area contributed by atoms with Crippen LogP contribution in [0, 0.1) is 13.8 Å². The van der Waals surface area contributed by atoms with E-state index in [9.17, 15) is 13.6 Å². The summed E-state index contributed by atoms with van der Waals surface area (Å²) in [6.07, 6.45) is 3.14. The summed E-state index contributed by atoms with van der Waals surface area (Å²) >= 11 is 0. The number of aromatic nitrogens is 2. The Bertz CT molecular complexity index is 1400. The summed E-state index contributed by atoms with van der Waals surface area (Å²) in [6.45, 7) is 7.72. The van der Waals surface area contributed by atoms with Gasteiger partial charge in [0.1, 0.15) is 5.69 Å². The highest BCUT2D eigenvalue weighted by Gasteiger charge is 2.28. The van der Waals surface area contributed by atoms with Crippen molar-refractivity contribution in [3.8, 4) is 11.3 Å². The molecule has 5 nitrogen and oxygen atoms in total. The summed E-state index contributed by atoms with van der Waals surface area (Å²) in [5, 5.41) is 6.35. The molecule has 0 saturated heterocycles. The van der Waals surface area contributed by atoms with E-state index < -0.39 is 5.92 Å². The molecule has 4 aromatic rings. The van der Waals surface area contributed by atoms with E-state index in [1.807, 2.05) is 24.3 Å². The molecular weight excluding hydrogens is 482 g/mol. The van der Waals surface area contributed by atoms with Crippen LogP contribution in [0.5, 0.6) is 0 Å². The van der Waals surface area contributed by atoms with E-state index in [1.165, 1.54) is 35.7 Å². The largest absolute Gasteiger partial charge is 0.362 e. The van der Waals surface area contributed by atoms with Gasteiger partial charge in [0.05, 0.1) is 12.5 Å². The predicted molar refractivity (Wildman–Crippen MR) is 148 cm³/mol. The minimum atomic E-state index is -2.86. The lowest BCUT2D eigenvalue weighted by atomic mass is 10.00. The number of anilines is 2. The van der Waals surface area contributed by atoms with Crippen molar-refractivity contribution in [3.05, 3.63) is 107 Å². The van der Waals surface area contributed by atoms with Crippen LogP contribution < -0.4 is 10.6 Å². The van der Waals surface area contributed by atoms with Gasteiger partial charge in [-0.2, -0.15) is 0 Å². The van der Waals surface area contributed by atoms with Gasteiger partial charge in [-0.25, -0.2) is 13.8 Å². The molecule has 38 heavy (non-hydrogen) atoms. The number of halogens is 2. The third kappa shape index (κ3) is 6.40. The summed E-state index contributed by atoms with van der Waals surface area (Å²) < 4.78 is 27.6. The number of carbonyl (C=O) groups excluding carboxylic acids is 1. The van der Waals surface area contributed by atoms with Crippen molar-refractivity contribution in [2.75, 3.05) is 10.6 Å². The van der Waals surface area contributed by atoms with Crippen LogP contribution in [0.3, 0.4) is 0 Å². The Morgan fingerprint density at radius 1 is 0.947 bits per heavy atom. The van der Waals surface area contributed by atoms with Crippen LogP contribution in [0.4, 0.5) is 20.3 Å². The van der Waals surface area contributed by atoms with Crippen molar-refractivity contribution in [2.45, 2.75) is 52.5 Å². The van der Waals surface area contributed by atoms with E-state index in [0.717, 1.165) is 5.56 Å². The third-order valence-corrected chi connectivity index (χ3v) is 6.57. The SMILES string of the molecule is CCC(F)(F)c1ccc(CC(=O)Nc2ccc(-c3nccnc3NC(C)c3ccc(C)cc3C)cc2)cc1. The van der Waals surface area contributed by atoms with Crippen molar-refractivity contribution in [1.82, 2.24) is 9.97 Å². The molecule has 0 bridgehead atoms. The molecule has 1 amide bonds. The molecule has 2 N–H and O–H groups in total. The number of nitrogens with zero attached hydrogens (tertiary/aromatic N) is 2. The van der Waals surface area contributed by atoms with Gasteiger partial charge in [-0.3, -0.25) is 9.78 Å². The lowest BCUT2D eigenvalue weighted by molar-refractivity contribution is -0.115. The van der Waals surface area contributed by atoms with Crippen molar-refractivity contribution < 1.29 is 13.6 Å². The molecule has 0 spiro atoms. The molecule has 4 rings (SSSR count). The molecule has 3 aromatic carbocycles. The van der Waals surface area contributed by atoms with Gasteiger partial charge in [-0.1, -0.05) is 67.1 Å². The van der Waals surface area contributed by atoms with Crippen molar-refractivity contribution in [2.24, 2.45) is 0 Å². The average molecular weight is 515 g/mol. The van der Waals surface area contributed by atoms with E-state index in [2.05, 4.69) is 59.6 Å². The summed E-state index contributed by atoms with van der Waals surface area (Å²) in [5.41, 5.74) is 6.47. The zero-order chi connectivity index (χ0) is 27.3. The fourth-order valence-electron chi connectivity index (χ4n) is 4.42. The standard InChI is InChI=1S/C31H32F2N4O/c1-5-31(32,33)25-11-7-23(8-12-25)19-28(38)37-26-13-9-24(10-14-26)29-30(35-17-16-34-29)36-22(4)27-15-6-20(2)18-21(27)3/h6-18,22H,5,19H2,1-4H3,(H,35,36)(H,37,38). The molecule has 1 unspecified atom stereocenters. The van der Waals surface area contributed by atoms with Crippen LogP contribution in [0.2, 0.25) is 0 Å². The van der Waals surface area contributed by atoms with Crippen LogP contribution in [0.15, 0.2) is 79.1 Å². The zero-order valence-electron chi connectivity index (χ0n) is 22.1. The smallest absolute Gasteiger partial charge is 0.273 e. The first-order chi connectivity index (χ1) is 18.2. The van der Waals surface area contributed by atoms with Gasteiger partial charge >= 0.3 is 0 Å². The number of hydrogen-bond donors (Lipinski definition) is 2. The first-order valence-corrected chi connectivity index (χ1v) is 12.7. The lowest BCUT2D eigenvalue weighted by Crippen LogP contribution is -2.15. The second-order valence-corrected chi connectivity index (χ2v) is 9.54. The van der Waals surface area contributed by atoms with E-state index in [-0.39, 0.29) is 30.4 Å². The van der Waals surface area contributed by atoms with Crippen LogP contribution >= 0.6 is 0 Å². The number of nitrogens with one attached hydrogen (secondary N) is 2. The molecular formula is C31H32F2N4O. The van der Waals surface area contributed by atoms with Gasteiger partial charge in [0, 0.05) is 35.6 Å². The van der Waals surface area contributed by atoms with Crippen LogP contribution in [0.1, 0.15) is 54.1 Å². The average Bonchev–Trinajstić information content (AvgIpc) is 2.89. The van der Waals surface area contributed by atoms with Gasteiger partial charge < -0.3 is 10.6 Å². The number of carbonyl (C=O) groups is 1. The second kappa shape index (κ2) is 11.5. The van der Waals surface area contributed by atoms with Gasteiger partial charge in [-0.15, -0.1) is 0 Å². The maximum Gasteiger partial charge on any atom is 0.273 e. The first-order valence-electron chi connectivity index (χ1n) is 12.7. The summed E-state index contributed by atoms with van der Waals surface area (Å²) in [7, 11) is 0. The Kier molecular flexibility index (Phi) is 8.15. The van der Waals surface area contributed by atoms with E-state index >= 15 is 0 Å². The highest BCUT2D eigenvalue weighted by Crippen LogP contribution is 2.32. The Balaban J connectivity index is 1.42. The number of aryl methyl sites for hydroxylation is 2. The van der Waals surface area contributed by atoms with Crippen molar-refractivity contribution in [3.63, 3.8) is 0 Å². The normalized spacial score (nSPS) is 12.2. The number of benzene rings is 3. The van der Waals surface area contributed by atoms with E-state index in [4.69, 9.17) is 0 Å². The highest BCUT2D eigenvalue weighted by molar-refractivity contribution is 5.92. The highest BCUT2D eigenvalue weighted by atomic mass is 19.3. The molecule has 0 radical (unpaired) electrons. The molecule has 1 heterocycles. The second-order valence-electron chi connectivity index (χ2n) is 9.54. The van der Waals surface area contributed by atoms with E-state index in [0.29, 0.717) is 22.8 Å². The Labute approximate surface area is 222 Å². The molecule has 7 heteroatoms. The van der Waals surface area contributed by atoms with Crippen LogP contribution in [0.25, 0.3) is 11.3 Å². The quantitative estimate of drug-likeness (QED) is 0.241. The summed E-state index contributed by atoms with van der Waals surface area (Å²) in [6, 6.07) is 19.7. The van der Waals surface area contributed by atoms with Gasteiger partial charge in [0.2, 0.25) is 5.91 Å². The lowest BCUT2D eigenvalue weighted by Gasteiger charge is -2.19. The Morgan fingerprint density at radius 2 is 1.63 bits per heavy atom. The Morgan fingerprint density at radius 3 is 2.29 bits per heavy atom. The van der Waals surface area contributed by atoms with Crippen molar-refractivity contribution >= 4 is 17.4 Å². The number of amides is 1. The fraction of sp³-hybridized carbons (Fsp3) is 0.258. The number of hydrogen-bond acceptors (Lipinski definition) is 4. The summed E-state index contributed by atoms with van der Waals surface area (Å²) in [5.74, 6) is -2.41. The molecule has 0 aliphatic rings. The number of rotatable bonds is 9. The Hall–Kier alpha value is -4.13. The van der Waals surface area contributed by atoms with Crippen LogP contribution in [-0.2, 0) is 17.1 Å². The first kappa shape index (κ1) is 26.9. The molecule has 1 atom stereocenters. The molecule has 1 aromatic heterocycles. The van der Waals surface area contributed by atoms with Crippen LogP contribution in [-0.4, -0.2) is 15.9 Å². The minimum absolute atomic E-state index is 0.0341. The fourth-order valence-corrected chi connectivity index (χ4v) is 4.42. The zero-order valence-corrected chi connectivity index (χ0v) is 22.1.